The Morgan fingerprint density at radius 2 is 1.63 bits per heavy atom. The van der Waals surface area contributed by atoms with Crippen LogP contribution in [0.5, 0.6) is 0 Å². The fraction of sp³-hybridized carbons (Fsp3) is 0.235. The maximum absolute atomic E-state index is 4.66. The number of benzene rings is 2. The third-order valence-electron chi connectivity index (χ3n) is 3.50. The molecule has 0 aromatic heterocycles. The molecular weight excluding hydrogens is 232 g/mol. The lowest BCUT2D eigenvalue weighted by Gasteiger charge is -2.09. The maximum Gasteiger partial charge on any atom is 0.101 e. The van der Waals surface area contributed by atoms with Crippen LogP contribution in [0.25, 0.3) is 0 Å². The molecule has 2 aromatic carbocycles. The average Bonchev–Trinajstić information content (AvgIpc) is 2.68. The number of rotatable bonds is 2. The summed E-state index contributed by atoms with van der Waals surface area (Å²) in [4.78, 5) is 4.66. The second kappa shape index (κ2) is 5.70. The van der Waals surface area contributed by atoms with E-state index in [2.05, 4.69) is 58.8 Å². The number of hydrogen-bond acceptors (Lipinski definition) is 2. The van der Waals surface area contributed by atoms with Gasteiger partial charge in [0.15, 0.2) is 0 Å². The van der Waals surface area contributed by atoms with Gasteiger partial charge in [-0.15, -0.1) is 0 Å². The molecule has 2 nitrogen and oxygen atoms in total. The van der Waals surface area contributed by atoms with E-state index in [0.717, 1.165) is 31.8 Å². The Hall–Kier alpha value is -2.09. The molecule has 3 rings (SSSR count). The van der Waals surface area contributed by atoms with E-state index in [9.17, 15) is 0 Å². The molecular formula is C17H18N2. The maximum atomic E-state index is 4.66. The van der Waals surface area contributed by atoms with Crippen molar-refractivity contribution in [3.63, 3.8) is 0 Å². The smallest absolute Gasteiger partial charge is 0.101 e. The Morgan fingerprint density at radius 1 is 0.895 bits per heavy atom. The molecule has 1 heterocycles. The summed E-state index contributed by atoms with van der Waals surface area (Å²) in [6, 6.07) is 19.1. The Labute approximate surface area is 114 Å². The van der Waals surface area contributed by atoms with Gasteiger partial charge in [-0.2, -0.15) is 0 Å². The Kier molecular flexibility index (Phi) is 3.59. The predicted octanol–water partition coefficient (Wildman–Crippen LogP) is 2.97. The van der Waals surface area contributed by atoms with Crippen LogP contribution >= 0.6 is 0 Å². The van der Waals surface area contributed by atoms with Gasteiger partial charge in [0.2, 0.25) is 0 Å². The summed E-state index contributed by atoms with van der Waals surface area (Å²) in [7, 11) is 0. The first kappa shape index (κ1) is 12.0. The first-order valence-corrected chi connectivity index (χ1v) is 6.80. The molecule has 19 heavy (non-hydrogen) atoms. The van der Waals surface area contributed by atoms with Crippen molar-refractivity contribution >= 4 is 5.84 Å². The summed E-state index contributed by atoms with van der Waals surface area (Å²) in [5.74, 6) is 1.11. The van der Waals surface area contributed by atoms with Crippen LogP contribution < -0.4 is 5.32 Å². The van der Waals surface area contributed by atoms with E-state index in [1.807, 2.05) is 6.07 Å². The van der Waals surface area contributed by atoms with Crippen LogP contribution in [0.4, 0.5) is 0 Å². The van der Waals surface area contributed by atoms with Crippen molar-refractivity contribution in [2.75, 3.05) is 6.54 Å². The summed E-state index contributed by atoms with van der Waals surface area (Å²) in [6.07, 6.45) is 1.97. The Bertz CT molecular complexity index is 573. The van der Waals surface area contributed by atoms with E-state index in [0.29, 0.717) is 0 Å². The molecule has 0 spiro atoms. The fourth-order valence-electron chi connectivity index (χ4n) is 2.44. The SMILES string of the molecule is c1ccc(CNC2=NCCc3ccccc3C2)cc1. The Morgan fingerprint density at radius 3 is 2.47 bits per heavy atom. The van der Waals surface area contributed by atoms with E-state index < -0.39 is 0 Å². The summed E-state index contributed by atoms with van der Waals surface area (Å²) in [6.45, 7) is 1.73. The third-order valence-corrected chi connectivity index (χ3v) is 3.50. The first-order valence-electron chi connectivity index (χ1n) is 6.80. The van der Waals surface area contributed by atoms with Gasteiger partial charge in [-0.1, -0.05) is 54.6 Å². The highest BCUT2D eigenvalue weighted by molar-refractivity contribution is 5.85. The molecule has 96 valence electrons. The number of hydrogen-bond donors (Lipinski definition) is 1. The lowest BCUT2D eigenvalue weighted by atomic mass is 10.0. The van der Waals surface area contributed by atoms with Crippen molar-refractivity contribution in [2.45, 2.75) is 19.4 Å². The highest BCUT2D eigenvalue weighted by Gasteiger charge is 2.09. The molecule has 1 aliphatic heterocycles. The zero-order valence-corrected chi connectivity index (χ0v) is 11.0. The number of amidine groups is 1. The molecule has 0 saturated carbocycles. The molecule has 2 aromatic rings. The minimum absolute atomic E-state index is 0.849. The van der Waals surface area contributed by atoms with Crippen molar-refractivity contribution in [1.82, 2.24) is 5.32 Å². The molecule has 0 amide bonds. The molecule has 0 aliphatic carbocycles. The van der Waals surface area contributed by atoms with Gasteiger partial charge < -0.3 is 5.32 Å². The van der Waals surface area contributed by atoms with Gasteiger partial charge >= 0.3 is 0 Å². The van der Waals surface area contributed by atoms with Gasteiger partial charge in [0.05, 0.1) is 0 Å². The standard InChI is InChI=1S/C17H18N2/c1-2-6-14(7-3-1)13-19-17-12-16-9-5-4-8-15(16)10-11-18-17/h1-9H,10-13H2,(H,18,19). The van der Waals surface area contributed by atoms with Gasteiger partial charge in [0, 0.05) is 19.5 Å². The van der Waals surface area contributed by atoms with Crippen LogP contribution in [-0.4, -0.2) is 12.4 Å². The molecule has 0 bridgehead atoms. The molecule has 0 fully saturated rings. The molecule has 0 radical (unpaired) electrons. The second-order valence-electron chi connectivity index (χ2n) is 4.86. The summed E-state index contributed by atoms with van der Waals surface area (Å²) in [5.41, 5.74) is 4.13. The fourth-order valence-corrected chi connectivity index (χ4v) is 2.44. The molecule has 1 aliphatic rings. The highest BCUT2D eigenvalue weighted by Crippen LogP contribution is 2.14. The predicted molar refractivity (Wildman–Crippen MR) is 79.4 cm³/mol. The van der Waals surface area contributed by atoms with Crippen LogP contribution in [0.2, 0.25) is 0 Å². The molecule has 2 heteroatoms. The molecule has 0 saturated heterocycles. The van der Waals surface area contributed by atoms with Crippen molar-refractivity contribution in [1.29, 1.82) is 0 Å². The van der Waals surface area contributed by atoms with Gasteiger partial charge in [-0.25, -0.2) is 0 Å². The zero-order valence-electron chi connectivity index (χ0n) is 11.0. The second-order valence-corrected chi connectivity index (χ2v) is 4.86. The van der Waals surface area contributed by atoms with Crippen LogP contribution in [-0.2, 0) is 19.4 Å². The monoisotopic (exact) mass is 250 g/mol. The third kappa shape index (κ3) is 3.02. The van der Waals surface area contributed by atoms with E-state index in [4.69, 9.17) is 0 Å². The lowest BCUT2D eigenvalue weighted by Crippen LogP contribution is -2.24. The van der Waals surface area contributed by atoms with Crippen LogP contribution in [0.1, 0.15) is 16.7 Å². The number of fused-ring (bicyclic) bond motifs is 1. The van der Waals surface area contributed by atoms with Crippen LogP contribution in [0.15, 0.2) is 59.6 Å². The first-order chi connectivity index (χ1) is 9.42. The summed E-state index contributed by atoms with van der Waals surface area (Å²) >= 11 is 0. The van der Waals surface area contributed by atoms with Crippen LogP contribution in [0, 0.1) is 0 Å². The number of nitrogens with one attached hydrogen (secondary N) is 1. The summed E-state index contributed by atoms with van der Waals surface area (Å²) in [5, 5.41) is 3.47. The normalized spacial score (nSPS) is 14.2. The number of nitrogens with zero attached hydrogens (tertiary/aromatic N) is 1. The van der Waals surface area contributed by atoms with Crippen molar-refractivity contribution in [3.05, 3.63) is 71.3 Å². The Balaban J connectivity index is 1.68. The van der Waals surface area contributed by atoms with Gasteiger partial charge in [-0.3, -0.25) is 4.99 Å². The molecule has 0 atom stereocenters. The molecule has 1 N–H and O–H groups in total. The quantitative estimate of drug-likeness (QED) is 0.870. The van der Waals surface area contributed by atoms with E-state index in [1.54, 1.807) is 0 Å². The minimum atomic E-state index is 0.849. The van der Waals surface area contributed by atoms with E-state index >= 15 is 0 Å². The lowest BCUT2D eigenvalue weighted by molar-refractivity contribution is 0.881. The summed E-state index contributed by atoms with van der Waals surface area (Å²) < 4.78 is 0. The zero-order chi connectivity index (χ0) is 12.9. The topological polar surface area (TPSA) is 24.4 Å². The average molecular weight is 250 g/mol. The van der Waals surface area contributed by atoms with Crippen molar-refractivity contribution < 1.29 is 0 Å². The largest absolute Gasteiger partial charge is 0.369 e. The highest BCUT2D eigenvalue weighted by atomic mass is 15.0. The number of aliphatic imine (C=N–C) groups is 1. The van der Waals surface area contributed by atoms with Gasteiger partial charge in [0.25, 0.3) is 0 Å². The van der Waals surface area contributed by atoms with E-state index in [1.165, 1.54) is 16.7 Å². The van der Waals surface area contributed by atoms with E-state index in [-0.39, 0.29) is 0 Å². The van der Waals surface area contributed by atoms with Crippen LogP contribution in [0.3, 0.4) is 0 Å². The molecule has 0 unspecified atom stereocenters. The van der Waals surface area contributed by atoms with Gasteiger partial charge in [0.1, 0.15) is 5.84 Å². The van der Waals surface area contributed by atoms with Crippen molar-refractivity contribution in [3.8, 4) is 0 Å². The minimum Gasteiger partial charge on any atom is -0.369 e. The van der Waals surface area contributed by atoms with Crippen molar-refractivity contribution in [2.24, 2.45) is 4.99 Å². The van der Waals surface area contributed by atoms with Gasteiger partial charge in [-0.05, 0) is 23.1 Å².